The van der Waals surface area contributed by atoms with Gasteiger partial charge < -0.3 is 15.7 Å². The summed E-state index contributed by atoms with van der Waals surface area (Å²) in [5, 5.41) is 15.1. The van der Waals surface area contributed by atoms with Crippen LogP contribution in [-0.2, 0) is 14.4 Å². The predicted octanol–water partition coefficient (Wildman–Crippen LogP) is 2.50. The lowest BCUT2D eigenvalue weighted by Crippen LogP contribution is -2.36. The summed E-state index contributed by atoms with van der Waals surface area (Å²) in [4.78, 5) is 36.1. The molecule has 3 aliphatic rings. The lowest BCUT2D eigenvalue weighted by molar-refractivity contribution is -0.146. The molecule has 0 spiro atoms. The number of amides is 2. The van der Waals surface area contributed by atoms with E-state index in [0.717, 1.165) is 19.3 Å². The third kappa shape index (κ3) is 3.04. The van der Waals surface area contributed by atoms with E-state index in [-0.39, 0.29) is 29.6 Å². The Bertz CT molecular complexity index is 768. The molecule has 3 aliphatic carbocycles. The van der Waals surface area contributed by atoms with Crippen LogP contribution in [0.25, 0.3) is 0 Å². The highest BCUT2D eigenvalue weighted by molar-refractivity contribution is 5.98. The van der Waals surface area contributed by atoms with Crippen LogP contribution >= 0.6 is 0 Å². The number of nitrogens with one attached hydrogen (secondary N) is 2. The van der Waals surface area contributed by atoms with E-state index in [1.165, 1.54) is 0 Å². The van der Waals surface area contributed by atoms with Gasteiger partial charge in [-0.25, -0.2) is 0 Å². The molecule has 2 bridgehead atoms. The van der Waals surface area contributed by atoms with Crippen molar-refractivity contribution in [2.45, 2.75) is 19.3 Å². The Balaban J connectivity index is 1.46. The molecule has 1 aromatic carbocycles. The quantitative estimate of drug-likeness (QED) is 0.718. The fourth-order valence-electron chi connectivity index (χ4n) is 4.01. The number of carbonyl (C=O) groups is 3. The van der Waals surface area contributed by atoms with Crippen molar-refractivity contribution in [3.05, 3.63) is 36.4 Å². The van der Waals surface area contributed by atoms with Crippen LogP contribution in [0.1, 0.15) is 19.3 Å². The Kier molecular flexibility index (Phi) is 3.82. The molecule has 0 aromatic heterocycles. The van der Waals surface area contributed by atoms with Gasteiger partial charge in [0.25, 0.3) is 0 Å². The van der Waals surface area contributed by atoms with Gasteiger partial charge in [0.15, 0.2) is 0 Å². The normalized spacial score (nSPS) is 29.4. The highest BCUT2D eigenvalue weighted by atomic mass is 16.4. The molecule has 2 amide bonds. The smallest absolute Gasteiger partial charge is 0.307 e. The molecule has 6 heteroatoms. The van der Waals surface area contributed by atoms with Crippen LogP contribution < -0.4 is 10.6 Å². The summed E-state index contributed by atoms with van der Waals surface area (Å²) in [7, 11) is 0. The number of fused-ring (bicyclic) bond motifs is 2. The van der Waals surface area contributed by atoms with Crippen molar-refractivity contribution in [2.75, 3.05) is 10.6 Å². The van der Waals surface area contributed by atoms with Gasteiger partial charge in [-0.05, 0) is 49.3 Å². The lowest BCUT2D eigenvalue weighted by atomic mass is 9.82. The maximum Gasteiger partial charge on any atom is 0.307 e. The Morgan fingerprint density at radius 2 is 1.52 bits per heavy atom. The van der Waals surface area contributed by atoms with Crippen LogP contribution in [0.4, 0.5) is 11.4 Å². The van der Waals surface area contributed by atoms with E-state index >= 15 is 0 Å². The molecule has 4 atom stereocenters. The molecule has 4 rings (SSSR count). The van der Waals surface area contributed by atoms with Crippen LogP contribution in [0, 0.1) is 29.6 Å². The summed E-state index contributed by atoms with van der Waals surface area (Å²) in [6.07, 6.45) is 6.46. The van der Waals surface area contributed by atoms with E-state index in [9.17, 15) is 19.5 Å². The first-order chi connectivity index (χ1) is 12.0. The Morgan fingerprint density at radius 1 is 0.920 bits per heavy atom. The summed E-state index contributed by atoms with van der Waals surface area (Å²) < 4.78 is 0. The molecule has 0 radical (unpaired) electrons. The molecule has 0 aliphatic heterocycles. The number of rotatable bonds is 5. The molecule has 0 unspecified atom stereocenters. The van der Waals surface area contributed by atoms with Gasteiger partial charge in [0, 0.05) is 17.3 Å². The minimum Gasteiger partial charge on any atom is -0.481 e. The van der Waals surface area contributed by atoms with Crippen molar-refractivity contribution < 1.29 is 19.5 Å². The summed E-state index contributed by atoms with van der Waals surface area (Å²) in [5.74, 6) is -2.34. The van der Waals surface area contributed by atoms with E-state index in [4.69, 9.17) is 0 Å². The largest absolute Gasteiger partial charge is 0.481 e. The standard InChI is InChI=1S/C19H20N2O4/c22-17(10-4-5-10)20-13-2-1-3-14(9-13)21-18(23)15-11-6-7-12(8-11)16(15)19(24)25/h1-3,6-7,9-12,15-16H,4-5,8H2,(H,20,22)(H,21,23)(H,24,25)/t11-,12-,15+,16-/m0/s1. The SMILES string of the molecule is O=C(Nc1cccc(NC(=O)[C@H]2[C@@H](C(=O)O)[C@H]3C=C[C@H]2C3)c1)C1CC1. The number of anilines is 2. The second-order valence-corrected chi connectivity index (χ2v) is 7.17. The van der Waals surface area contributed by atoms with E-state index in [0.29, 0.717) is 11.4 Å². The molecular formula is C19H20N2O4. The number of carbonyl (C=O) groups excluding carboxylic acids is 2. The maximum absolute atomic E-state index is 12.7. The summed E-state index contributed by atoms with van der Waals surface area (Å²) in [5.41, 5.74) is 1.20. The molecule has 25 heavy (non-hydrogen) atoms. The first-order valence-electron chi connectivity index (χ1n) is 8.66. The predicted molar refractivity (Wildman–Crippen MR) is 91.8 cm³/mol. The van der Waals surface area contributed by atoms with Gasteiger partial charge in [-0.15, -0.1) is 0 Å². The maximum atomic E-state index is 12.7. The summed E-state index contributed by atoms with van der Waals surface area (Å²) in [6, 6.07) is 6.98. The first kappa shape index (κ1) is 15.9. The van der Waals surface area contributed by atoms with Gasteiger partial charge in [0.1, 0.15) is 0 Å². The second-order valence-electron chi connectivity index (χ2n) is 7.17. The number of carboxylic acids is 1. The fourth-order valence-corrected chi connectivity index (χ4v) is 4.01. The number of allylic oxidation sites excluding steroid dienone is 2. The number of hydrogen-bond donors (Lipinski definition) is 3. The Morgan fingerprint density at radius 3 is 2.12 bits per heavy atom. The van der Waals surface area contributed by atoms with Crippen LogP contribution in [0.2, 0.25) is 0 Å². The molecule has 2 saturated carbocycles. The zero-order chi connectivity index (χ0) is 17.6. The van der Waals surface area contributed by atoms with E-state index in [2.05, 4.69) is 10.6 Å². The average molecular weight is 340 g/mol. The highest BCUT2D eigenvalue weighted by Crippen LogP contribution is 2.48. The van der Waals surface area contributed by atoms with Gasteiger partial charge >= 0.3 is 5.97 Å². The topological polar surface area (TPSA) is 95.5 Å². The lowest BCUT2D eigenvalue weighted by Gasteiger charge is -2.24. The zero-order valence-electron chi connectivity index (χ0n) is 13.6. The van der Waals surface area contributed by atoms with Gasteiger partial charge in [-0.3, -0.25) is 14.4 Å². The van der Waals surface area contributed by atoms with Gasteiger partial charge in [0.2, 0.25) is 11.8 Å². The molecule has 6 nitrogen and oxygen atoms in total. The third-order valence-electron chi connectivity index (χ3n) is 5.39. The number of aliphatic carboxylic acids is 1. The van der Waals surface area contributed by atoms with Crippen LogP contribution in [0.3, 0.4) is 0 Å². The van der Waals surface area contributed by atoms with Crippen LogP contribution in [-0.4, -0.2) is 22.9 Å². The fraction of sp³-hybridized carbons (Fsp3) is 0.421. The van der Waals surface area contributed by atoms with Crippen molar-refractivity contribution in [3.8, 4) is 0 Å². The number of benzene rings is 1. The average Bonchev–Trinajstić information content (AvgIpc) is 3.23. The zero-order valence-corrected chi connectivity index (χ0v) is 13.6. The number of carboxylic acid groups (broad SMARTS) is 1. The summed E-state index contributed by atoms with van der Waals surface area (Å²) in [6.45, 7) is 0. The number of hydrogen-bond acceptors (Lipinski definition) is 3. The molecule has 2 fully saturated rings. The van der Waals surface area contributed by atoms with Crippen molar-refractivity contribution in [1.29, 1.82) is 0 Å². The summed E-state index contributed by atoms with van der Waals surface area (Å²) >= 11 is 0. The third-order valence-corrected chi connectivity index (χ3v) is 5.39. The Hall–Kier alpha value is -2.63. The van der Waals surface area contributed by atoms with Crippen LogP contribution in [0.15, 0.2) is 36.4 Å². The van der Waals surface area contributed by atoms with Crippen molar-refractivity contribution in [3.63, 3.8) is 0 Å². The molecule has 3 N–H and O–H groups in total. The molecular weight excluding hydrogens is 320 g/mol. The van der Waals surface area contributed by atoms with Crippen molar-refractivity contribution >= 4 is 29.2 Å². The molecule has 0 heterocycles. The molecule has 0 saturated heterocycles. The van der Waals surface area contributed by atoms with Crippen molar-refractivity contribution in [1.82, 2.24) is 0 Å². The highest BCUT2D eigenvalue weighted by Gasteiger charge is 2.51. The monoisotopic (exact) mass is 340 g/mol. The van der Waals surface area contributed by atoms with Gasteiger partial charge in [-0.2, -0.15) is 0 Å². The second kappa shape index (κ2) is 6.02. The Labute approximate surface area is 145 Å². The van der Waals surface area contributed by atoms with Crippen LogP contribution in [0.5, 0.6) is 0 Å². The van der Waals surface area contributed by atoms with E-state index in [1.54, 1.807) is 24.3 Å². The van der Waals surface area contributed by atoms with Gasteiger partial charge in [0.05, 0.1) is 11.8 Å². The molecule has 130 valence electrons. The minimum atomic E-state index is -0.914. The van der Waals surface area contributed by atoms with E-state index < -0.39 is 17.8 Å². The minimum absolute atomic E-state index is 0.00709. The van der Waals surface area contributed by atoms with E-state index in [1.807, 2.05) is 12.2 Å². The van der Waals surface area contributed by atoms with Gasteiger partial charge in [-0.1, -0.05) is 18.2 Å². The van der Waals surface area contributed by atoms with Crippen molar-refractivity contribution in [2.24, 2.45) is 29.6 Å². The first-order valence-corrected chi connectivity index (χ1v) is 8.66. The molecule has 1 aromatic rings.